The van der Waals surface area contributed by atoms with E-state index in [-0.39, 0.29) is 12.2 Å². The predicted octanol–water partition coefficient (Wildman–Crippen LogP) is 3.56. The van der Waals surface area contributed by atoms with E-state index in [0.717, 1.165) is 4.47 Å². The molecule has 0 saturated carbocycles. The van der Waals surface area contributed by atoms with E-state index in [0.29, 0.717) is 22.7 Å². The Morgan fingerprint density at radius 3 is 2.61 bits per heavy atom. The summed E-state index contributed by atoms with van der Waals surface area (Å²) in [6.07, 6.45) is 1.43. The number of methoxy groups -OCH3 is 2. The van der Waals surface area contributed by atoms with Crippen LogP contribution in [-0.2, 0) is 14.3 Å². The SMILES string of the molecule is COC(=O)COc1ccc(/C=C(\C#N)C(=O)Nc2cccc(Br)c2)cc1OC. The number of hydrogen-bond acceptors (Lipinski definition) is 6. The van der Waals surface area contributed by atoms with Crippen LogP contribution in [0.3, 0.4) is 0 Å². The monoisotopic (exact) mass is 444 g/mol. The Kier molecular flexibility index (Phi) is 7.60. The summed E-state index contributed by atoms with van der Waals surface area (Å²) in [5, 5.41) is 12.0. The second-order valence-electron chi connectivity index (χ2n) is 5.41. The molecular formula is C20H17BrN2O5. The first kappa shape index (κ1) is 21.0. The van der Waals surface area contributed by atoms with Crippen LogP contribution in [0.25, 0.3) is 6.08 Å². The molecule has 0 heterocycles. The lowest BCUT2D eigenvalue weighted by atomic mass is 10.1. The summed E-state index contributed by atoms with van der Waals surface area (Å²) in [7, 11) is 2.71. The second-order valence-corrected chi connectivity index (χ2v) is 6.33. The number of carbonyl (C=O) groups excluding carboxylic acids is 2. The Hall–Kier alpha value is -3.31. The molecular weight excluding hydrogens is 428 g/mol. The molecule has 0 radical (unpaired) electrons. The van der Waals surface area contributed by atoms with Crippen LogP contribution in [0.1, 0.15) is 5.56 Å². The number of esters is 1. The van der Waals surface area contributed by atoms with E-state index in [9.17, 15) is 14.9 Å². The number of rotatable bonds is 7. The Bertz CT molecular complexity index is 950. The summed E-state index contributed by atoms with van der Waals surface area (Å²) in [6.45, 7) is -0.263. The number of carbonyl (C=O) groups is 2. The number of halogens is 1. The quantitative estimate of drug-likeness (QED) is 0.398. The molecule has 0 aliphatic rings. The number of benzene rings is 2. The number of anilines is 1. The molecule has 0 unspecified atom stereocenters. The van der Waals surface area contributed by atoms with E-state index >= 15 is 0 Å². The predicted molar refractivity (Wildman–Crippen MR) is 107 cm³/mol. The molecule has 0 aliphatic carbocycles. The van der Waals surface area contributed by atoms with Gasteiger partial charge in [-0.15, -0.1) is 0 Å². The minimum Gasteiger partial charge on any atom is -0.493 e. The largest absolute Gasteiger partial charge is 0.493 e. The Morgan fingerprint density at radius 2 is 1.96 bits per heavy atom. The zero-order valence-corrected chi connectivity index (χ0v) is 16.8. The normalized spacial score (nSPS) is 10.6. The fraction of sp³-hybridized carbons (Fsp3) is 0.150. The van der Waals surface area contributed by atoms with Crippen LogP contribution in [0.2, 0.25) is 0 Å². The number of nitrogens with one attached hydrogen (secondary N) is 1. The van der Waals surface area contributed by atoms with Gasteiger partial charge in [-0.05, 0) is 42.0 Å². The van der Waals surface area contributed by atoms with E-state index in [1.807, 2.05) is 12.1 Å². The van der Waals surface area contributed by atoms with Gasteiger partial charge in [0, 0.05) is 10.2 Å². The molecule has 7 nitrogen and oxygen atoms in total. The van der Waals surface area contributed by atoms with Crippen LogP contribution >= 0.6 is 15.9 Å². The van der Waals surface area contributed by atoms with Gasteiger partial charge in [0.05, 0.1) is 14.2 Å². The van der Waals surface area contributed by atoms with Crippen LogP contribution in [0, 0.1) is 11.3 Å². The van der Waals surface area contributed by atoms with Gasteiger partial charge in [-0.25, -0.2) is 4.79 Å². The van der Waals surface area contributed by atoms with Crippen molar-refractivity contribution in [3.05, 3.63) is 58.1 Å². The van der Waals surface area contributed by atoms with Crippen molar-refractivity contribution in [3.63, 3.8) is 0 Å². The summed E-state index contributed by atoms with van der Waals surface area (Å²) >= 11 is 3.32. The summed E-state index contributed by atoms with van der Waals surface area (Å²) in [4.78, 5) is 23.6. The highest BCUT2D eigenvalue weighted by Gasteiger charge is 2.12. The van der Waals surface area contributed by atoms with E-state index in [1.165, 1.54) is 20.3 Å². The van der Waals surface area contributed by atoms with Crippen molar-refractivity contribution in [2.75, 3.05) is 26.1 Å². The average Bonchev–Trinajstić information content (AvgIpc) is 2.70. The van der Waals surface area contributed by atoms with Crippen LogP contribution in [0.4, 0.5) is 5.69 Å². The molecule has 0 bridgehead atoms. The number of amides is 1. The minimum atomic E-state index is -0.536. The lowest BCUT2D eigenvalue weighted by Gasteiger charge is -2.10. The van der Waals surface area contributed by atoms with E-state index in [4.69, 9.17) is 9.47 Å². The molecule has 0 fully saturated rings. The number of hydrogen-bond donors (Lipinski definition) is 1. The molecule has 8 heteroatoms. The third-order valence-electron chi connectivity index (χ3n) is 3.52. The molecule has 0 saturated heterocycles. The molecule has 2 aromatic carbocycles. The Morgan fingerprint density at radius 1 is 1.18 bits per heavy atom. The van der Waals surface area contributed by atoms with Gasteiger partial charge in [-0.3, -0.25) is 4.79 Å². The van der Waals surface area contributed by atoms with Crippen molar-refractivity contribution >= 4 is 39.6 Å². The molecule has 0 aromatic heterocycles. The first-order valence-corrected chi connectivity index (χ1v) is 8.82. The molecule has 144 valence electrons. The zero-order valence-electron chi connectivity index (χ0n) is 15.2. The Labute approximate surface area is 170 Å². The highest BCUT2D eigenvalue weighted by molar-refractivity contribution is 9.10. The standard InChI is InChI=1S/C20H17BrN2O5/c1-26-18-9-13(6-7-17(18)28-12-19(24)27-2)8-14(11-22)20(25)23-16-5-3-4-15(21)10-16/h3-10H,12H2,1-2H3,(H,23,25)/b14-8+. The van der Waals surface area contributed by atoms with Gasteiger partial charge in [0.2, 0.25) is 0 Å². The molecule has 0 aliphatic heterocycles. The van der Waals surface area contributed by atoms with Crippen molar-refractivity contribution < 1.29 is 23.8 Å². The van der Waals surface area contributed by atoms with Crippen LogP contribution in [-0.4, -0.2) is 32.7 Å². The van der Waals surface area contributed by atoms with Gasteiger partial charge in [0.15, 0.2) is 18.1 Å². The van der Waals surface area contributed by atoms with E-state index in [1.54, 1.807) is 36.4 Å². The fourth-order valence-electron chi connectivity index (χ4n) is 2.17. The molecule has 1 amide bonds. The fourth-order valence-corrected chi connectivity index (χ4v) is 2.57. The molecule has 0 atom stereocenters. The van der Waals surface area contributed by atoms with Gasteiger partial charge >= 0.3 is 5.97 Å². The summed E-state index contributed by atoms with van der Waals surface area (Å²) < 4.78 is 15.9. The van der Waals surface area contributed by atoms with Gasteiger partial charge in [0.25, 0.3) is 5.91 Å². The van der Waals surface area contributed by atoms with Crippen molar-refractivity contribution in [2.24, 2.45) is 0 Å². The van der Waals surface area contributed by atoms with Crippen molar-refractivity contribution in [1.82, 2.24) is 0 Å². The summed E-state index contributed by atoms with van der Waals surface area (Å²) in [5.41, 5.74) is 1.04. The van der Waals surface area contributed by atoms with Crippen LogP contribution in [0.5, 0.6) is 11.5 Å². The molecule has 2 aromatic rings. The molecule has 0 spiro atoms. The lowest BCUT2D eigenvalue weighted by Crippen LogP contribution is -2.13. The maximum absolute atomic E-state index is 12.4. The smallest absolute Gasteiger partial charge is 0.343 e. The van der Waals surface area contributed by atoms with E-state index in [2.05, 4.69) is 26.0 Å². The third-order valence-corrected chi connectivity index (χ3v) is 4.01. The topological polar surface area (TPSA) is 97.7 Å². The van der Waals surface area contributed by atoms with Crippen molar-refractivity contribution in [1.29, 1.82) is 5.26 Å². The number of ether oxygens (including phenoxy) is 3. The van der Waals surface area contributed by atoms with Gasteiger partial charge < -0.3 is 19.5 Å². The zero-order chi connectivity index (χ0) is 20.5. The molecule has 2 rings (SSSR count). The van der Waals surface area contributed by atoms with Gasteiger partial charge in [0.1, 0.15) is 11.6 Å². The maximum Gasteiger partial charge on any atom is 0.343 e. The lowest BCUT2D eigenvalue weighted by molar-refractivity contribution is -0.142. The summed E-state index contributed by atoms with van der Waals surface area (Å²) in [6, 6.07) is 13.7. The van der Waals surface area contributed by atoms with E-state index < -0.39 is 11.9 Å². The third kappa shape index (κ3) is 5.86. The number of nitriles is 1. The van der Waals surface area contributed by atoms with Gasteiger partial charge in [-0.2, -0.15) is 5.26 Å². The van der Waals surface area contributed by atoms with Crippen molar-refractivity contribution in [2.45, 2.75) is 0 Å². The van der Waals surface area contributed by atoms with Crippen molar-refractivity contribution in [3.8, 4) is 17.6 Å². The minimum absolute atomic E-state index is 0.0785. The second kappa shape index (κ2) is 10.1. The maximum atomic E-state index is 12.4. The van der Waals surface area contributed by atoms with Crippen LogP contribution < -0.4 is 14.8 Å². The molecule has 28 heavy (non-hydrogen) atoms. The summed E-state index contributed by atoms with van der Waals surface area (Å²) in [5.74, 6) is -0.378. The first-order chi connectivity index (χ1) is 13.5. The highest BCUT2D eigenvalue weighted by Crippen LogP contribution is 2.29. The number of nitrogens with zero attached hydrogens (tertiary/aromatic N) is 1. The highest BCUT2D eigenvalue weighted by atomic mass is 79.9. The molecule has 1 N–H and O–H groups in total. The first-order valence-electron chi connectivity index (χ1n) is 8.03. The average molecular weight is 445 g/mol. The Balaban J connectivity index is 2.19. The van der Waals surface area contributed by atoms with Gasteiger partial charge in [-0.1, -0.05) is 28.1 Å². The van der Waals surface area contributed by atoms with Crippen LogP contribution in [0.15, 0.2) is 52.5 Å².